The van der Waals surface area contributed by atoms with Gasteiger partial charge in [0.05, 0.1) is 13.2 Å². The molecule has 3 N–H and O–H groups in total. The quantitative estimate of drug-likeness (QED) is 0.839. The third-order valence-electron chi connectivity index (χ3n) is 2.24. The van der Waals surface area contributed by atoms with E-state index in [4.69, 9.17) is 10.8 Å². The van der Waals surface area contributed by atoms with Gasteiger partial charge in [0.2, 0.25) is 0 Å². The van der Waals surface area contributed by atoms with Gasteiger partial charge in [-0.05, 0) is 17.7 Å². The van der Waals surface area contributed by atoms with Crippen LogP contribution in [0.1, 0.15) is 11.6 Å². The number of hydrogen-bond acceptors (Lipinski definition) is 3. The summed E-state index contributed by atoms with van der Waals surface area (Å²) in [6.07, 6.45) is -7.54. The van der Waals surface area contributed by atoms with Crippen LogP contribution < -0.4 is 10.5 Å². The molecule has 0 heterocycles. The minimum atomic E-state index is -4.83. The van der Waals surface area contributed by atoms with Crippen molar-refractivity contribution in [1.29, 1.82) is 0 Å². The minimum Gasteiger partial charge on any atom is -0.494 e. The zero-order chi connectivity index (χ0) is 13.2. The molecule has 0 saturated heterocycles. The van der Waals surface area contributed by atoms with Crippen LogP contribution in [0.25, 0.3) is 0 Å². The zero-order valence-electron chi connectivity index (χ0n) is 9.24. The SMILES string of the molecule is COc1cc([C@H](N)[C@H](O)C(F)(F)F)ccc1F.Cl. The highest BCUT2D eigenvalue weighted by Gasteiger charge is 2.42. The van der Waals surface area contributed by atoms with E-state index in [-0.39, 0.29) is 23.7 Å². The second-order valence-corrected chi connectivity index (χ2v) is 3.41. The van der Waals surface area contributed by atoms with E-state index in [0.717, 1.165) is 18.2 Å². The number of aliphatic hydroxyl groups excluding tert-OH is 1. The van der Waals surface area contributed by atoms with Crippen molar-refractivity contribution < 1.29 is 27.4 Å². The van der Waals surface area contributed by atoms with Crippen LogP contribution in [-0.4, -0.2) is 24.5 Å². The van der Waals surface area contributed by atoms with E-state index < -0.39 is 24.1 Å². The molecule has 0 unspecified atom stereocenters. The predicted octanol–water partition coefficient (Wildman–Crippen LogP) is 2.18. The first-order valence-corrected chi connectivity index (χ1v) is 4.61. The van der Waals surface area contributed by atoms with Crippen LogP contribution in [-0.2, 0) is 0 Å². The van der Waals surface area contributed by atoms with Crippen molar-refractivity contribution in [2.75, 3.05) is 7.11 Å². The summed E-state index contributed by atoms with van der Waals surface area (Å²) in [6.45, 7) is 0. The normalized spacial score (nSPS) is 14.6. The highest BCUT2D eigenvalue weighted by Crippen LogP contribution is 2.30. The van der Waals surface area contributed by atoms with Gasteiger partial charge in [-0.2, -0.15) is 13.2 Å². The van der Waals surface area contributed by atoms with Crippen molar-refractivity contribution in [3.8, 4) is 5.75 Å². The Morgan fingerprint density at radius 3 is 2.33 bits per heavy atom. The third-order valence-corrected chi connectivity index (χ3v) is 2.24. The summed E-state index contributed by atoms with van der Waals surface area (Å²) >= 11 is 0. The molecule has 1 aromatic carbocycles. The van der Waals surface area contributed by atoms with E-state index in [1.165, 1.54) is 7.11 Å². The fourth-order valence-electron chi connectivity index (χ4n) is 1.27. The van der Waals surface area contributed by atoms with Gasteiger partial charge in [0, 0.05) is 0 Å². The van der Waals surface area contributed by atoms with E-state index >= 15 is 0 Å². The van der Waals surface area contributed by atoms with E-state index in [1.54, 1.807) is 0 Å². The number of nitrogens with two attached hydrogens (primary N) is 1. The Bertz CT molecular complexity index is 400. The molecule has 0 fully saturated rings. The number of aliphatic hydroxyl groups is 1. The lowest BCUT2D eigenvalue weighted by molar-refractivity contribution is -0.210. The van der Waals surface area contributed by atoms with Gasteiger partial charge in [-0.25, -0.2) is 4.39 Å². The van der Waals surface area contributed by atoms with E-state index in [2.05, 4.69) is 4.74 Å². The van der Waals surface area contributed by atoms with Gasteiger partial charge in [-0.1, -0.05) is 6.07 Å². The monoisotopic (exact) mass is 289 g/mol. The molecule has 0 radical (unpaired) electrons. The fourth-order valence-corrected chi connectivity index (χ4v) is 1.27. The van der Waals surface area contributed by atoms with Crippen LogP contribution in [0.5, 0.6) is 5.75 Å². The molecule has 104 valence electrons. The van der Waals surface area contributed by atoms with E-state index in [1.807, 2.05) is 0 Å². The molecule has 0 saturated carbocycles. The number of alkyl halides is 3. The molecule has 8 heteroatoms. The maximum atomic E-state index is 13.0. The summed E-state index contributed by atoms with van der Waals surface area (Å²) in [5.41, 5.74) is 5.19. The summed E-state index contributed by atoms with van der Waals surface area (Å²) in [5, 5.41) is 8.96. The molecule has 0 bridgehead atoms. The highest BCUT2D eigenvalue weighted by atomic mass is 35.5. The Kier molecular flexibility index (Phi) is 5.85. The molecule has 0 spiro atoms. The lowest BCUT2D eigenvalue weighted by atomic mass is 10.0. The average Bonchev–Trinajstić information content (AvgIpc) is 2.26. The first-order chi connectivity index (χ1) is 7.77. The van der Waals surface area contributed by atoms with Crippen LogP contribution in [0, 0.1) is 5.82 Å². The maximum absolute atomic E-state index is 13.0. The van der Waals surface area contributed by atoms with Gasteiger partial charge in [0.25, 0.3) is 0 Å². The number of rotatable bonds is 3. The molecule has 0 aliphatic heterocycles. The van der Waals surface area contributed by atoms with Crippen LogP contribution in [0.2, 0.25) is 0 Å². The number of ether oxygens (including phenoxy) is 1. The molecular formula is C10H12ClF4NO2. The van der Waals surface area contributed by atoms with Crippen molar-refractivity contribution in [3.05, 3.63) is 29.6 Å². The summed E-state index contributed by atoms with van der Waals surface area (Å²) in [7, 11) is 1.17. The van der Waals surface area contributed by atoms with Crippen LogP contribution in [0.3, 0.4) is 0 Å². The second-order valence-electron chi connectivity index (χ2n) is 3.41. The number of benzene rings is 1. The van der Waals surface area contributed by atoms with Crippen molar-refractivity contribution in [3.63, 3.8) is 0 Å². The highest BCUT2D eigenvalue weighted by molar-refractivity contribution is 5.85. The minimum absolute atomic E-state index is 0. The van der Waals surface area contributed by atoms with Gasteiger partial charge >= 0.3 is 6.18 Å². The van der Waals surface area contributed by atoms with Crippen molar-refractivity contribution in [2.24, 2.45) is 5.73 Å². The Balaban J connectivity index is 0.00000289. The lowest BCUT2D eigenvalue weighted by Gasteiger charge is -2.22. The topological polar surface area (TPSA) is 55.5 Å². The first kappa shape index (κ1) is 16.9. The molecule has 18 heavy (non-hydrogen) atoms. The third kappa shape index (κ3) is 3.72. The smallest absolute Gasteiger partial charge is 0.416 e. The first-order valence-electron chi connectivity index (χ1n) is 4.61. The summed E-state index contributed by atoms with van der Waals surface area (Å²) in [6, 6.07) is 1.33. The molecule has 1 aromatic rings. The van der Waals surface area contributed by atoms with Gasteiger partial charge in [-0.15, -0.1) is 12.4 Å². The Morgan fingerprint density at radius 1 is 1.33 bits per heavy atom. The lowest BCUT2D eigenvalue weighted by Crippen LogP contribution is -2.38. The fraction of sp³-hybridized carbons (Fsp3) is 0.400. The molecule has 0 aliphatic carbocycles. The van der Waals surface area contributed by atoms with Crippen molar-refractivity contribution in [1.82, 2.24) is 0 Å². The molecule has 0 aromatic heterocycles. The summed E-state index contributed by atoms with van der Waals surface area (Å²) in [5.74, 6) is -0.947. The summed E-state index contributed by atoms with van der Waals surface area (Å²) < 4.78 is 54.3. The van der Waals surface area contributed by atoms with Crippen molar-refractivity contribution in [2.45, 2.75) is 18.3 Å². The standard InChI is InChI=1S/C10H11F4NO2.ClH/c1-17-7-4-5(2-3-6(7)11)8(15)9(16)10(12,13)14;/h2-4,8-9,16H,15H2,1H3;1H/t8-,9-;/m0./s1. The van der Waals surface area contributed by atoms with Gasteiger partial charge in [-0.3, -0.25) is 0 Å². The molecule has 3 nitrogen and oxygen atoms in total. The van der Waals surface area contributed by atoms with E-state index in [0.29, 0.717) is 0 Å². The van der Waals surface area contributed by atoms with Crippen LogP contribution in [0.4, 0.5) is 17.6 Å². The summed E-state index contributed by atoms with van der Waals surface area (Å²) in [4.78, 5) is 0. The number of halogens is 5. The Morgan fingerprint density at radius 2 is 1.89 bits per heavy atom. The predicted molar refractivity (Wildman–Crippen MR) is 59.2 cm³/mol. The Labute approximate surface area is 107 Å². The van der Waals surface area contributed by atoms with Gasteiger partial charge < -0.3 is 15.6 Å². The maximum Gasteiger partial charge on any atom is 0.416 e. The molecule has 2 atom stereocenters. The Hall–Kier alpha value is -1.05. The van der Waals surface area contributed by atoms with Gasteiger partial charge in [0.1, 0.15) is 0 Å². The van der Waals surface area contributed by atoms with Crippen molar-refractivity contribution >= 4 is 12.4 Å². The second kappa shape index (κ2) is 6.21. The number of hydrogen-bond donors (Lipinski definition) is 2. The molecule has 0 amide bonds. The van der Waals surface area contributed by atoms with Crippen LogP contribution in [0.15, 0.2) is 18.2 Å². The van der Waals surface area contributed by atoms with Crippen LogP contribution >= 0.6 is 12.4 Å². The number of methoxy groups -OCH3 is 1. The van der Waals surface area contributed by atoms with E-state index in [9.17, 15) is 17.6 Å². The molecular weight excluding hydrogens is 278 g/mol. The molecule has 1 rings (SSSR count). The molecule has 0 aliphatic rings. The van der Waals surface area contributed by atoms with Gasteiger partial charge in [0.15, 0.2) is 17.7 Å². The largest absolute Gasteiger partial charge is 0.494 e. The zero-order valence-corrected chi connectivity index (χ0v) is 10.1. The average molecular weight is 290 g/mol.